The van der Waals surface area contributed by atoms with Crippen LogP contribution in [-0.4, -0.2) is 37.0 Å². The van der Waals surface area contributed by atoms with Crippen molar-refractivity contribution in [2.24, 2.45) is 17.1 Å². The van der Waals surface area contributed by atoms with Gasteiger partial charge in [-0.3, -0.25) is 0 Å². The van der Waals surface area contributed by atoms with Gasteiger partial charge in [0.15, 0.2) is 0 Å². The van der Waals surface area contributed by atoms with Gasteiger partial charge in [0, 0.05) is 25.5 Å². The highest BCUT2D eigenvalue weighted by Crippen LogP contribution is 2.48. The summed E-state index contributed by atoms with van der Waals surface area (Å²) in [6.07, 6.45) is 5.48. The van der Waals surface area contributed by atoms with E-state index in [1.54, 1.807) is 0 Å². The molecule has 82 valence electrons. The van der Waals surface area contributed by atoms with Crippen LogP contribution in [0.2, 0.25) is 0 Å². The fourth-order valence-corrected chi connectivity index (χ4v) is 3.49. The zero-order chi connectivity index (χ0) is 10.0. The fraction of sp³-hybridized carbons (Fsp3) is 1.00. The van der Waals surface area contributed by atoms with E-state index in [0.717, 1.165) is 24.9 Å². The zero-order valence-electron chi connectivity index (χ0n) is 8.84. The smallest absolute Gasteiger partial charge is 0.0251 e. The van der Waals surface area contributed by atoms with Crippen LogP contribution >= 0.6 is 11.6 Å². The third-order valence-electron chi connectivity index (χ3n) is 3.99. The molecule has 14 heavy (non-hydrogen) atoms. The highest BCUT2D eigenvalue weighted by atomic mass is 35.5. The van der Waals surface area contributed by atoms with Crippen molar-refractivity contribution in [1.29, 1.82) is 0 Å². The summed E-state index contributed by atoms with van der Waals surface area (Å²) >= 11 is 5.93. The van der Waals surface area contributed by atoms with Gasteiger partial charge in [0.25, 0.3) is 0 Å². The average molecular weight is 217 g/mol. The standard InChI is InChI=1S/C11H21ClN2/c12-8-10-1-2-11(7-10)3-5-14(9-11)6-4-13/h10H,1-9,13H2. The summed E-state index contributed by atoms with van der Waals surface area (Å²) in [5, 5.41) is 0. The van der Waals surface area contributed by atoms with Gasteiger partial charge in [-0.25, -0.2) is 0 Å². The van der Waals surface area contributed by atoms with E-state index in [9.17, 15) is 0 Å². The summed E-state index contributed by atoms with van der Waals surface area (Å²) in [7, 11) is 0. The first-order chi connectivity index (χ1) is 6.78. The van der Waals surface area contributed by atoms with Crippen LogP contribution in [0.4, 0.5) is 0 Å². The minimum absolute atomic E-state index is 0.620. The first-order valence-electron chi connectivity index (χ1n) is 5.76. The Kier molecular flexibility index (Phi) is 3.35. The molecule has 0 amide bonds. The maximum atomic E-state index is 5.93. The van der Waals surface area contributed by atoms with Crippen LogP contribution in [0.1, 0.15) is 25.7 Å². The van der Waals surface area contributed by atoms with Gasteiger partial charge in [-0.05, 0) is 43.6 Å². The number of halogens is 1. The van der Waals surface area contributed by atoms with Crippen molar-refractivity contribution in [1.82, 2.24) is 4.90 Å². The van der Waals surface area contributed by atoms with E-state index >= 15 is 0 Å². The van der Waals surface area contributed by atoms with Crippen molar-refractivity contribution < 1.29 is 0 Å². The van der Waals surface area contributed by atoms with Crippen LogP contribution in [0.15, 0.2) is 0 Å². The normalized spacial score (nSPS) is 38.6. The van der Waals surface area contributed by atoms with Gasteiger partial charge >= 0.3 is 0 Å². The molecular weight excluding hydrogens is 196 g/mol. The van der Waals surface area contributed by atoms with Crippen LogP contribution in [-0.2, 0) is 0 Å². The molecule has 0 aromatic heterocycles. The Labute approximate surface area is 91.8 Å². The van der Waals surface area contributed by atoms with Gasteiger partial charge in [0.05, 0.1) is 0 Å². The van der Waals surface area contributed by atoms with Gasteiger partial charge < -0.3 is 10.6 Å². The Morgan fingerprint density at radius 3 is 2.93 bits per heavy atom. The van der Waals surface area contributed by atoms with Crippen molar-refractivity contribution in [3.63, 3.8) is 0 Å². The second kappa shape index (κ2) is 4.38. The van der Waals surface area contributed by atoms with Crippen molar-refractivity contribution in [2.45, 2.75) is 25.7 Å². The summed E-state index contributed by atoms with van der Waals surface area (Å²) in [5.74, 6) is 1.65. The average Bonchev–Trinajstić information content (AvgIpc) is 2.76. The molecule has 1 heterocycles. The van der Waals surface area contributed by atoms with Crippen molar-refractivity contribution in [3.05, 3.63) is 0 Å². The second-order valence-electron chi connectivity index (χ2n) is 5.08. The zero-order valence-corrected chi connectivity index (χ0v) is 9.60. The topological polar surface area (TPSA) is 29.3 Å². The molecule has 0 aromatic rings. The van der Waals surface area contributed by atoms with E-state index in [1.807, 2.05) is 0 Å². The summed E-state index contributed by atoms with van der Waals surface area (Å²) < 4.78 is 0. The minimum atomic E-state index is 0.620. The van der Waals surface area contributed by atoms with Crippen LogP contribution in [0.25, 0.3) is 0 Å². The Morgan fingerprint density at radius 1 is 1.43 bits per heavy atom. The number of nitrogens with zero attached hydrogens (tertiary/aromatic N) is 1. The highest BCUT2D eigenvalue weighted by Gasteiger charge is 2.43. The number of nitrogens with two attached hydrogens (primary N) is 1. The molecule has 2 atom stereocenters. The molecule has 1 spiro atoms. The van der Waals surface area contributed by atoms with Crippen LogP contribution in [0.3, 0.4) is 0 Å². The summed E-state index contributed by atoms with van der Waals surface area (Å²) in [6, 6.07) is 0. The number of rotatable bonds is 3. The predicted octanol–water partition coefficient (Wildman–Crippen LogP) is 1.68. The van der Waals surface area contributed by atoms with Gasteiger partial charge in [-0.2, -0.15) is 0 Å². The van der Waals surface area contributed by atoms with Crippen molar-refractivity contribution in [2.75, 3.05) is 32.1 Å². The highest BCUT2D eigenvalue weighted by molar-refractivity contribution is 6.18. The summed E-state index contributed by atoms with van der Waals surface area (Å²) in [5.41, 5.74) is 6.21. The predicted molar refractivity (Wildman–Crippen MR) is 60.6 cm³/mol. The van der Waals surface area contributed by atoms with E-state index in [1.165, 1.54) is 38.8 Å². The molecule has 2 rings (SSSR count). The molecule has 1 saturated carbocycles. The number of hydrogen-bond acceptors (Lipinski definition) is 2. The molecule has 2 unspecified atom stereocenters. The van der Waals surface area contributed by atoms with Crippen LogP contribution in [0, 0.1) is 11.3 Å². The Balaban J connectivity index is 1.87. The molecular formula is C11H21ClN2. The molecule has 2 aliphatic rings. The lowest BCUT2D eigenvalue weighted by molar-refractivity contribution is 0.260. The van der Waals surface area contributed by atoms with E-state index < -0.39 is 0 Å². The monoisotopic (exact) mass is 216 g/mol. The maximum absolute atomic E-state index is 5.93. The molecule has 2 fully saturated rings. The Bertz CT molecular complexity index is 198. The largest absolute Gasteiger partial charge is 0.329 e. The molecule has 0 bridgehead atoms. The minimum Gasteiger partial charge on any atom is -0.329 e. The van der Waals surface area contributed by atoms with Crippen LogP contribution < -0.4 is 5.73 Å². The molecule has 2 N–H and O–H groups in total. The molecule has 3 heteroatoms. The quantitative estimate of drug-likeness (QED) is 0.728. The lowest BCUT2D eigenvalue weighted by atomic mass is 9.85. The number of likely N-dealkylation sites (tertiary alicyclic amines) is 1. The molecule has 1 aliphatic heterocycles. The van der Waals surface area contributed by atoms with Gasteiger partial charge in [-0.1, -0.05) is 0 Å². The summed E-state index contributed by atoms with van der Waals surface area (Å²) in [4.78, 5) is 2.52. The number of hydrogen-bond donors (Lipinski definition) is 1. The van der Waals surface area contributed by atoms with E-state index in [4.69, 9.17) is 17.3 Å². The first kappa shape index (κ1) is 10.7. The third kappa shape index (κ3) is 2.07. The second-order valence-corrected chi connectivity index (χ2v) is 5.39. The SMILES string of the molecule is NCCN1CCC2(CCC(CCl)C2)C1. The molecule has 0 aromatic carbocycles. The number of alkyl halides is 1. The molecule has 1 aliphatic carbocycles. The van der Waals surface area contributed by atoms with Gasteiger partial charge in [-0.15, -0.1) is 11.6 Å². The van der Waals surface area contributed by atoms with E-state index in [2.05, 4.69) is 4.90 Å². The van der Waals surface area contributed by atoms with Gasteiger partial charge in [0.2, 0.25) is 0 Å². The third-order valence-corrected chi connectivity index (χ3v) is 4.42. The molecule has 0 radical (unpaired) electrons. The summed E-state index contributed by atoms with van der Waals surface area (Å²) in [6.45, 7) is 4.41. The Hall–Kier alpha value is 0.210. The van der Waals surface area contributed by atoms with Crippen molar-refractivity contribution >= 4 is 11.6 Å². The maximum Gasteiger partial charge on any atom is 0.0251 e. The molecule has 1 saturated heterocycles. The van der Waals surface area contributed by atoms with Gasteiger partial charge in [0.1, 0.15) is 0 Å². The lowest BCUT2D eigenvalue weighted by Gasteiger charge is -2.24. The fourth-order valence-electron chi connectivity index (χ4n) is 3.23. The van der Waals surface area contributed by atoms with Crippen molar-refractivity contribution in [3.8, 4) is 0 Å². The molecule has 2 nitrogen and oxygen atoms in total. The van der Waals surface area contributed by atoms with E-state index in [-0.39, 0.29) is 0 Å². The van der Waals surface area contributed by atoms with E-state index in [0.29, 0.717) is 5.41 Å². The lowest BCUT2D eigenvalue weighted by Crippen LogP contribution is -2.30. The first-order valence-corrected chi connectivity index (χ1v) is 6.30. The van der Waals surface area contributed by atoms with Crippen LogP contribution in [0.5, 0.6) is 0 Å². The Morgan fingerprint density at radius 2 is 2.29 bits per heavy atom.